The second kappa shape index (κ2) is 2.90. The fourth-order valence-corrected chi connectivity index (χ4v) is 0.498. The van der Waals surface area contributed by atoms with E-state index in [9.17, 15) is 22.0 Å². The molecule has 0 aromatic heterocycles. The molecule has 10 heavy (non-hydrogen) atoms. The number of halogens is 6. The molecule has 0 heterocycles. The van der Waals surface area contributed by atoms with Crippen molar-refractivity contribution in [3.63, 3.8) is 0 Å². The first-order valence-corrected chi connectivity index (χ1v) is 2.85. The molecule has 0 aromatic carbocycles. The highest BCUT2D eigenvalue weighted by Gasteiger charge is 2.56. The minimum Gasteiger partial charge on any atom is -0.196 e. The molecular weight excluding hydrogens is 178 g/mol. The molecule has 0 amide bonds. The molecule has 0 spiro atoms. The molecule has 0 aromatic rings. The summed E-state index contributed by atoms with van der Waals surface area (Å²) in [4.78, 5) is 0. The van der Waals surface area contributed by atoms with Gasteiger partial charge in [0.2, 0.25) is 0 Å². The molecule has 0 unspecified atom stereocenters. The predicted octanol–water partition coefficient (Wildman–Crippen LogP) is 2.81. The third kappa shape index (κ3) is 2.28. The van der Waals surface area contributed by atoms with E-state index >= 15 is 0 Å². The summed E-state index contributed by atoms with van der Waals surface area (Å²) in [7, 11) is 0. The Bertz CT molecular complexity index is 107. The summed E-state index contributed by atoms with van der Waals surface area (Å²) in [5.74, 6) is -5.35. The maximum absolute atomic E-state index is 11.7. The second-order valence-corrected chi connectivity index (χ2v) is 2.02. The van der Waals surface area contributed by atoms with Crippen LogP contribution in [0.2, 0.25) is 0 Å². The Morgan fingerprint density at radius 2 is 1.40 bits per heavy atom. The first-order valence-electron chi connectivity index (χ1n) is 2.32. The summed E-state index contributed by atoms with van der Waals surface area (Å²) < 4.78 is 57.1. The number of alkyl halides is 6. The highest BCUT2D eigenvalue weighted by molar-refractivity contribution is 6.17. The van der Waals surface area contributed by atoms with Crippen LogP contribution in [0.25, 0.3) is 0 Å². The third-order valence-corrected chi connectivity index (χ3v) is 1.01. The Kier molecular flexibility index (Phi) is 2.88. The average Bonchev–Trinajstić information content (AvgIpc) is 1.61. The molecule has 0 aliphatic carbocycles. The van der Waals surface area contributed by atoms with Gasteiger partial charge in [-0.3, -0.25) is 0 Å². The van der Waals surface area contributed by atoms with Gasteiger partial charge < -0.3 is 0 Å². The normalized spacial score (nSPS) is 13.8. The highest BCUT2D eigenvalue weighted by Crippen LogP contribution is 2.37. The quantitative estimate of drug-likeness (QED) is 0.455. The predicted molar refractivity (Wildman–Crippen MR) is 26.3 cm³/mol. The molecule has 0 nitrogen and oxygen atoms in total. The number of hydrogen-bond acceptors (Lipinski definition) is 0. The molecule has 0 bridgehead atoms. The minimum atomic E-state index is -5.47. The van der Waals surface area contributed by atoms with Crippen molar-refractivity contribution in [3.05, 3.63) is 0 Å². The molecular formula is C4H4ClF5. The van der Waals surface area contributed by atoms with E-state index in [0.29, 0.717) is 0 Å². The Morgan fingerprint density at radius 1 is 1.00 bits per heavy atom. The Labute approximate surface area is 59.0 Å². The topological polar surface area (TPSA) is 0 Å². The zero-order valence-corrected chi connectivity index (χ0v) is 5.44. The lowest BCUT2D eigenvalue weighted by atomic mass is 10.2. The van der Waals surface area contributed by atoms with E-state index in [4.69, 9.17) is 11.6 Å². The van der Waals surface area contributed by atoms with Crippen molar-refractivity contribution in [1.82, 2.24) is 0 Å². The van der Waals surface area contributed by atoms with Crippen molar-refractivity contribution in [2.75, 3.05) is 5.88 Å². The Balaban J connectivity index is 4.10. The summed E-state index contributed by atoms with van der Waals surface area (Å²) in [5.41, 5.74) is 0. The van der Waals surface area contributed by atoms with Gasteiger partial charge >= 0.3 is 12.1 Å². The molecule has 0 N–H and O–H groups in total. The molecule has 62 valence electrons. The van der Waals surface area contributed by atoms with Crippen LogP contribution in [0.1, 0.15) is 6.42 Å². The standard InChI is InChI=1S/C4H4ClF5/c5-2-1-3(6,7)4(8,9)10/h1-2H2. The van der Waals surface area contributed by atoms with Gasteiger partial charge in [-0.15, -0.1) is 11.6 Å². The molecule has 0 radical (unpaired) electrons. The van der Waals surface area contributed by atoms with E-state index < -0.39 is 24.4 Å². The van der Waals surface area contributed by atoms with Gasteiger partial charge in [0, 0.05) is 12.3 Å². The largest absolute Gasteiger partial charge is 0.453 e. The van der Waals surface area contributed by atoms with Gasteiger partial charge in [-0.05, 0) is 0 Å². The van der Waals surface area contributed by atoms with Crippen LogP contribution in [0.4, 0.5) is 22.0 Å². The van der Waals surface area contributed by atoms with E-state index in [1.165, 1.54) is 0 Å². The molecule has 0 saturated heterocycles. The molecule has 0 aliphatic rings. The van der Waals surface area contributed by atoms with E-state index in [0.717, 1.165) is 0 Å². The van der Waals surface area contributed by atoms with Crippen LogP contribution in [0, 0.1) is 0 Å². The maximum atomic E-state index is 11.7. The Hall–Kier alpha value is -0.0600. The zero-order chi connectivity index (χ0) is 8.41. The van der Waals surface area contributed by atoms with Crippen LogP contribution < -0.4 is 0 Å². The van der Waals surface area contributed by atoms with Gasteiger partial charge in [0.25, 0.3) is 0 Å². The van der Waals surface area contributed by atoms with Gasteiger partial charge in [-0.2, -0.15) is 22.0 Å². The van der Waals surface area contributed by atoms with Crippen molar-refractivity contribution < 1.29 is 22.0 Å². The fourth-order valence-electron chi connectivity index (χ4n) is 0.260. The Morgan fingerprint density at radius 3 is 1.50 bits per heavy atom. The van der Waals surface area contributed by atoms with E-state index in [-0.39, 0.29) is 0 Å². The van der Waals surface area contributed by atoms with Crippen LogP contribution in [-0.4, -0.2) is 18.0 Å². The lowest BCUT2D eigenvalue weighted by molar-refractivity contribution is -0.282. The highest BCUT2D eigenvalue weighted by atomic mass is 35.5. The summed E-state index contributed by atoms with van der Waals surface area (Å²) in [6.07, 6.45) is -6.83. The van der Waals surface area contributed by atoms with Crippen molar-refractivity contribution >= 4 is 11.6 Å². The molecule has 0 aliphatic heterocycles. The minimum absolute atomic E-state index is 0.702. The summed E-state index contributed by atoms with van der Waals surface area (Å²) >= 11 is 4.71. The molecule has 0 rings (SSSR count). The summed E-state index contributed by atoms with van der Waals surface area (Å²) in [6.45, 7) is 0. The van der Waals surface area contributed by atoms with Crippen molar-refractivity contribution in [3.8, 4) is 0 Å². The van der Waals surface area contributed by atoms with Crippen molar-refractivity contribution in [1.29, 1.82) is 0 Å². The lowest BCUT2D eigenvalue weighted by Crippen LogP contribution is -2.36. The molecule has 6 heteroatoms. The van der Waals surface area contributed by atoms with Crippen LogP contribution in [0.3, 0.4) is 0 Å². The van der Waals surface area contributed by atoms with Gasteiger partial charge in [0.05, 0.1) is 0 Å². The number of rotatable bonds is 2. The maximum Gasteiger partial charge on any atom is 0.453 e. The molecule has 0 saturated carbocycles. The first kappa shape index (κ1) is 9.94. The van der Waals surface area contributed by atoms with Gasteiger partial charge in [0.1, 0.15) is 0 Å². The smallest absolute Gasteiger partial charge is 0.196 e. The zero-order valence-electron chi connectivity index (χ0n) is 4.68. The van der Waals surface area contributed by atoms with Crippen LogP contribution in [0.5, 0.6) is 0 Å². The van der Waals surface area contributed by atoms with Gasteiger partial charge in [0.15, 0.2) is 0 Å². The first-order chi connectivity index (χ1) is 4.31. The molecule has 0 atom stereocenters. The van der Waals surface area contributed by atoms with Gasteiger partial charge in [-0.1, -0.05) is 0 Å². The second-order valence-electron chi connectivity index (χ2n) is 1.64. The monoisotopic (exact) mass is 182 g/mol. The van der Waals surface area contributed by atoms with E-state index in [1.807, 2.05) is 0 Å². The van der Waals surface area contributed by atoms with E-state index in [1.54, 1.807) is 0 Å². The van der Waals surface area contributed by atoms with E-state index in [2.05, 4.69) is 0 Å². The van der Waals surface area contributed by atoms with Crippen molar-refractivity contribution in [2.24, 2.45) is 0 Å². The molecule has 0 fully saturated rings. The third-order valence-electron chi connectivity index (χ3n) is 0.823. The van der Waals surface area contributed by atoms with Crippen LogP contribution in [0.15, 0.2) is 0 Å². The average molecular weight is 183 g/mol. The van der Waals surface area contributed by atoms with Gasteiger partial charge in [-0.25, -0.2) is 0 Å². The van der Waals surface area contributed by atoms with Crippen LogP contribution in [-0.2, 0) is 0 Å². The fraction of sp³-hybridized carbons (Fsp3) is 1.00. The lowest BCUT2D eigenvalue weighted by Gasteiger charge is -2.17. The summed E-state index contributed by atoms with van der Waals surface area (Å²) in [6, 6.07) is 0. The summed E-state index contributed by atoms with van der Waals surface area (Å²) in [5, 5.41) is 0. The SMILES string of the molecule is FC(F)(F)C(F)(F)CCCl. The number of hydrogen-bond donors (Lipinski definition) is 0. The van der Waals surface area contributed by atoms with Crippen LogP contribution >= 0.6 is 11.6 Å². The van der Waals surface area contributed by atoms with Crippen molar-refractivity contribution in [2.45, 2.75) is 18.5 Å².